The van der Waals surface area contributed by atoms with Crippen molar-refractivity contribution in [1.82, 2.24) is 15.0 Å². The molecule has 20 heavy (non-hydrogen) atoms. The van der Waals surface area contributed by atoms with Gasteiger partial charge in [-0.1, -0.05) is 0 Å². The summed E-state index contributed by atoms with van der Waals surface area (Å²) >= 11 is 0. The van der Waals surface area contributed by atoms with E-state index in [-0.39, 0.29) is 0 Å². The summed E-state index contributed by atoms with van der Waals surface area (Å²) in [6.45, 7) is 6.02. The average molecular weight is 281 g/mol. The molecule has 1 aliphatic heterocycles. The Hall–Kier alpha value is -1.67. The van der Waals surface area contributed by atoms with E-state index in [2.05, 4.69) is 25.3 Å². The largest absolute Gasteiger partial charge is 0.380 e. The number of aromatic nitrogens is 3. The molecule has 0 bridgehead atoms. The van der Waals surface area contributed by atoms with Gasteiger partial charge in [0.25, 0.3) is 0 Å². The van der Waals surface area contributed by atoms with Crippen LogP contribution in [0.15, 0.2) is 0 Å². The molecule has 1 saturated heterocycles. The Kier molecular flexibility index (Phi) is 5.31. The second-order valence-electron chi connectivity index (χ2n) is 4.72. The van der Waals surface area contributed by atoms with E-state index in [1.807, 2.05) is 18.9 Å². The molecule has 0 amide bonds. The number of hydrazine groups is 1. The van der Waals surface area contributed by atoms with Crippen LogP contribution in [0.4, 0.5) is 17.8 Å². The third-order valence-corrected chi connectivity index (χ3v) is 3.25. The first-order chi connectivity index (χ1) is 9.74. The molecule has 8 nitrogen and oxygen atoms in total. The summed E-state index contributed by atoms with van der Waals surface area (Å²) in [5.41, 5.74) is 2.51. The summed E-state index contributed by atoms with van der Waals surface area (Å²) in [7, 11) is 1.93. The number of nitrogens with zero attached hydrogens (tertiary/aromatic N) is 5. The summed E-state index contributed by atoms with van der Waals surface area (Å²) in [5, 5.41) is 0. The van der Waals surface area contributed by atoms with Gasteiger partial charge in [-0.3, -0.25) is 5.43 Å². The molecule has 0 radical (unpaired) electrons. The van der Waals surface area contributed by atoms with E-state index in [4.69, 9.17) is 10.6 Å². The van der Waals surface area contributed by atoms with Crippen molar-refractivity contribution in [3.8, 4) is 0 Å². The zero-order chi connectivity index (χ0) is 14.4. The van der Waals surface area contributed by atoms with E-state index in [0.717, 1.165) is 19.6 Å². The lowest BCUT2D eigenvalue weighted by Crippen LogP contribution is -2.28. The van der Waals surface area contributed by atoms with Crippen LogP contribution in [-0.2, 0) is 4.74 Å². The summed E-state index contributed by atoms with van der Waals surface area (Å²) in [4.78, 5) is 17.2. The molecule has 1 aromatic heterocycles. The van der Waals surface area contributed by atoms with E-state index in [9.17, 15) is 0 Å². The van der Waals surface area contributed by atoms with E-state index in [0.29, 0.717) is 31.1 Å². The minimum absolute atomic E-state index is 0.389. The zero-order valence-corrected chi connectivity index (χ0v) is 12.2. The summed E-state index contributed by atoms with van der Waals surface area (Å²) in [6, 6.07) is 0. The minimum atomic E-state index is 0.389. The smallest absolute Gasteiger partial charge is 0.243 e. The molecule has 0 atom stereocenters. The highest BCUT2D eigenvalue weighted by atomic mass is 16.5. The molecule has 0 spiro atoms. The van der Waals surface area contributed by atoms with Crippen LogP contribution in [0.2, 0.25) is 0 Å². The number of anilines is 3. The topological polar surface area (TPSA) is 92.4 Å². The molecule has 2 heterocycles. The number of nitrogen functional groups attached to an aromatic ring is 1. The predicted molar refractivity (Wildman–Crippen MR) is 78.8 cm³/mol. The second kappa shape index (κ2) is 7.20. The first-order valence-corrected chi connectivity index (χ1v) is 7.01. The predicted octanol–water partition coefficient (Wildman–Crippen LogP) is 0.230. The van der Waals surface area contributed by atoms with E-state index in [1.54, 1.807) is 0 Å². The van der Waals surface area contributed by atoms with Gasteiger partial charge in [0, 0.05) is 33.3 Å². The Bertz CT molecular complexity index is 422. The maximum Gasteiger partial charge on any atom is 0.243 e. The standard InChI is InChI=1S/C12H23N7O/c1-3-20-9-8-18(2)11-14-10(17-13)15-12(16-11)19-6-4-5-7-19/h3-9,13H2,1-2H3,(H,14,15,16,17). The number of hydrogen-bond donors (Lipinski definition) is 2. The van der Waals surface area contributed by atoms with Crippen LogP contribution in [0.1, 0.15) is 19.8 Å². The lowest BCUT2D eigenvalue weighted by molar-refractivity contribution is 0.154. The van der Waals surface area contributed by atoms with Gasteiger partial charge in [0.05, 0.1) is 6.61 Å². The third kappa shape index (κ3) is 3.67. The molecule has 3 N–H and O–H groups in total. The van der Waals surface area contributed by atoms with Crippen LogP contribution in [0.25, 0.3) is 0 Å². The fourth-order valence-electron chi connectivity index (χ4n) is 2.09. The molecule has 0 saturated carbocycles. The van der Waals surface area contributed by atoms with E-state index in [1.165, 1.54) is 12.8 Å². The number of likely N-dealkylation sites (N-methyl/N-ethyl adjacent to an activating group) is 1. The van der Waals surface area contributed by atoms with Crippen molar-refractivity contribution in [2.45, 2.75) is 19.8 Å². The Morgan fingerprint density at radius 3 is 2.70 bits per heavy atom. The quantitative estimate of drug-likeness (QED) is 0.417. The van der Waals surface area contributed by atoms with E-state index < -0.39 is 0 Å². The van der Waals surface area contributed by atoms with Gasteiger partial charge in [-0.15, -0.1) is 0 Å². The molecular formula is C12H23N7O. The van der Waals surface area contributed by atoms with Crippen LogP contribution in [-0.4, -0.2) is 54.8 Å². The van der Waals surface area contributed by atoms with Gasteiger partial charge in [-0.25, -0.2) is 5.84 Å². The number of hydrogen-bond acceptors (Lipinski definition) is 8. The van der Waals surface area contributed by atoms with Crippen molar-refractivity contribution in [2.24, 2.45) is 5.84 Å². The summed E-state index contributed by atoms with van der Waals surface area (Å²) in [6.07, 6.45) is 2.35. The molecule has 1 aromatic rings. The maximum atomic E-state index is 5.44. The van der Waals surface area contributed by atoms with Crippen LogP contribution < -0.4 is 21.1 Å². The highest BCUT2D eigenvalue weighted by molar-refractivity contribution is 5.44. The molecule has 0 aromatic carbocycles. The monoisotopic (exact) mass is 281 g/mol. The van der Waals surface area contributed by atoms with Crippen molar-refractivity contribution >= 4 is 17.8 Å². The highest BCUT2D eigenvalue weighted by Crippen LogP contribution is 2.19. The van der Waals surface area contributed by atoms with Crippen molar-refractivity contribution in [2.75, 3.05) is 55.1 Å². The fourth-order valence-corrected chi connectivity index (χ4v) is 2.09. The van der Waals surface area contributed by atoms with Gasteiger partial charge >= 0.3 is 0 Å². The number of ether oxygens (including phenoxy) is 1. The third-order valence-electron chi connectivity index (χ3n) is 3.25. The zero-order valence-electron chi connectivity index (χ0n) is 12.2. The van der Waals surface area contributed by atoms with Gasteiger partial charge in [0.2, 0.25) is 17.8 Å². The lowest BCUT2D eigenvalue weighted by Gasteiger charge is -2.21. The van der Waals surface area contributed by atoms with Gasteiger partial charge in [-0.2, -0.15) is 15.0 Å². The van der Waals surface area contributed by atoms with Gasteiger partial charge in [0.1, 0.15) is 0 Å². The van der Waals surface area contributed by atoms with Gasteiger partial charge < -0.3 is 14.5 Å². The van der Waals surface area contributed by atoms with Gasteiger partial charge in [0.15, 0.2) is 0 Å². The summed E-state index contributed by atoms with van der Waals surface area (Å²) in [5.74, 6) is 7.12. The van der Waals surface area contributed by atoms with Crippen LogP contribution >= 0.6 is 0 Å². The van der Waals surface area contributed by atoms with Crippen LogP contribution in [0, 0.1) is 0 Å². The van der Waals surface area contributed by atoms with Crippen LogP contribution in [0.5, 0.6) is 0 Å². The van der Waals surface area contributed by atoms with Crippen molar-refractivity contribution in [3.63, 3.8) is 0 Å². The molecule has 0 aliphatic carbocycles. The van der Waals surface area contributed by atoms with Crippen molar-refractivity contribution in [1.29, 1.82) is 0 Å². The first kappa shape index (κ1) is 14.7. The normalized spacial score (nSPS) is 14.7. The Morgan fingerprint density at radius 2 is 2.05 bits per heavy atom. The number of nitrogens with two attached hydrogens (primary N) is 1. The Balaban J connectivity index is 2.12. The Labute approximate surface area is 119 Å². The molecule has 1 aliphatic rings. The van der Waals surface area contributed by atoms with E-state index >= 15 is 0 Å². The Morgan fingerprint density at radius 1 is 1.30 bits per heavy atom. The first-order valence-electron chi connectivity index (χ1n) is 7.01. The second-order valence-corrected chi connectivity index (χ2v) is 4.72. The van der Waals surface area contributed by atoms with Crippen molar-refractivity contribution < 1.29 is 4.74 Å². The maximum absolute atomic E-state index is 5.44. The molecule has 8 heteroatoms. The molecule has 112 valence electrons. The van der Waals surface area contributed by atoms with Crippen molar-refractivity contribution in [3.05, 3.63) is 0 Å². The molecular weight excluding hydrogens is 258 g/mol. The van der Waals surface area contributed by atoms with Crippen LogP contribution in [0.3, 0.4) is 0 Å². The number of nitrogens with one attached hydrogen (secondary N) is 1. The molecule has 2 rings (SSSR count). The highest BCUT2D eigenvalue weighted by Gasteiger charge is 2.18. The summed E-state index contributed by atoms with van der Waals surface area (Å²) < 4.78 is 5.35. The minimum Gasteiger partial charge on any atom is -0.380 e. The SMILES string of the molecule is CCOCCN(C)c1nc(NN)nc(N2CCCC2)n1. The fraction of sp³-hybridized carbons (Fsp3) is 0.750. The number of rotatable bonds is 7. The molecule has 1 fully saturated rings. The molecule has 0 unspecified atom stereocenters. The lowest BCUT2D eigenvalue weighted by atomic mass is 10.4. The van der Waals surface area contributed by atoms with Gasteiger partial charge in [-0.05, 0) is 19.8 Å². The average Bonchev–Trinajstić information content (AvgIpc) is 3.01.